The Morgan fingerprint density at radius 3 is 2.21 bits per heavy atom. The van der Waals surface area contributed by atoms with Crippen LogP contribution in [0.4, 0.5) is 13.6 Å². The van der Waals surface area contributed by atoms with Crippen LogP contribution >= 0.6 is 11.8 Å². The van der Waals surface area contributed by atoms with Gasteiger partial charge in [-0.25, -0.2) is 13.6 Å². The molecule has 0 bridgehead atoms. The average Bonchev–Trinajstić information content (AvgIpc) is 3.72. The smallest absolute Gasteiger partial charge is 0.407 e. The van der Waals surface area contributed by atoms with Gasteiger partial charge in [0, 0.05) is 54.3 Å². The molecule has 1 aliphatic carbocycles. The predicted molar refractivity (Wildman–Crippen MR) is 217 cm³/mol. The van der Waals surface area contributed by atoms with E-state index in [-0.39, 0.29) is 55.0 Å². The second-order valence-electron chi connectivity index (χ2n) is 15.0. The van der Waals surface area contributed by atoms with Gasteiger partial charge in [-0.3, -0.25) is 9.59 Å². The molecule has 292 valence electrons. The second-order valence-corrected chi connectivity index (χ2v) is 16.2. The van der Waals surface area contributed by atoms with E-state index < -0.39 is 35.2 Å². The monoisotopic (exact) mass is 779 g/mol. The van der Waals surface area contributed by atoms with E-state index in [1.165, 1.54) is 17.8 Å². The van der Waals surface area contributed by atoms with Crippen LogP contribution in [0, 0.1) is 17.0 Å². The van der Waals surface area contributed by atoms with Gasteiger partial charge >= 0.3 is 12.1 Å². The minimum Gasteiger partial charge on any atom is -0.481 e. The van der Waals surface area contributed by atoms with Gasteiger partial charge in [-0.1, -0.05) is 99.6 Å². The SMILES string of the molecule is CC(C)(C)[C@H](c1cc(-c2cc(F)ccc2F)cn1Cc1ccccc1)N(CCCNC(=O)OCC1c2ccccc2-c2ccccc21)C(=O)CSCCC(=O)O. The average molecular weight is 780 g/mol. The number of amides is 2. The summed E-state index contributed by atoms with van der Waals surface area (Å²) in [4.78, 5) is 40.2. The number of ether oxygens (including phenoxy) is 1. The molecule has 2 amide bonds. The van der Waals surface area contributed by atoms with Gasteiger partial charge in [-0.2, -0.15) is 11.8 Å². The molecular formula is C45H47F2N3O5S. The number of carbonyl (C=O) groups is 3. The van der Waals surface area contributed by atoms with Crippen molar-refractivity contribution in [2.24, 2.45) is 5.41 Å². The zero-order valence-corrected chi connectivity index (χ0v) is 32.7. The maximum Gasteiger partial charge on any atom is 0.407 e. The van der Waals surface area contributed by atoms with Gasteiger partial charge < -0.3 is 24.6 Å². The number of alkyl carbamates (subject to hydrolysis) is 1. The lowest BCUT2D eigenvalue weighted by molar-refractivity contribution is -0.136. The highest BCUT2D eigenvalue weighted by Gasteiger charge is 2.37. The first-order valence-electron chi connectivity index (χ1n) is 18.8. The number of benzene rings is 4. The first kappa shape index (κ1) is 40.2. The molecule has 0 saturated heterocycles. The van der Waals surface area contributed by atoms with Gasteiger partial charge in [-0.15, -0.1) is 0 Å². The van der Waals surface area contributed by atoms with E-state index in [0.29, 0.717) is 18.5 Å². The van der Waals surface area contributed by atoms with E-state index in [4.69, 9.17) is 4.74 Å². The Kier molecular flexibility index (Phi) is 13.0. The van der Waals surface area contributed by atoms with Crippen LogP contribution in [0.2, 0.25) is 0 Å². The molecule has 1 aromatic heterocycles. The quantitative estimate of drug-likeness (QED) is 0.0969. The fourth-order valence-corrected chi connectivity index (χ4v) is 8.30. The van der Waals surface area contributed by atoms with Crippen molar-refractivity contribution in [1.29, 1.82) is 0 Å². The summed E-state index contributed by atoms with van der Waals surface area (Å²) in [7, 11) is 0. The van der Waals surface area contributed by atoms with Gasteiger partial charge in [0.05, 0.1) is 18.2 Å². The number of hydrogen-bond donors (Lipinski definition) is 2. The number of carboxylic acids is 1. The van der Waals surface area contributed by atoms with Gasteiger partial charge in [-0.05, 0) is 63.9 Å². The first-order chi connectivity index (χ1) is 26.9. The highest BCUT2D eigenvalue weighted by molar-refractivity contribution is 7.99. The van der Waals surface area contributed by atoms with Crippen LogP contribution in [0.1, 0.15) is 68.0 Å². The molecule has 0 saturated carbocycles. The summed E-state index contributed by atoms with van der Waals surface area (Å²) in [5, 5.41) is 12.0. The number of thioether (sulfide) groups is 1. The topological polar surface area (TPSA) is 101 Å². The molecule has 1 heterocycles. The fraction of sp³-hybridized carbons (Fsp3) is 0.311. The summed E-state index contributed by atoms with van der Waals surface area (Å²) in [5.41, 5.74) is 6.26. The van der Waals surface area contributed by atoms with E-state index in [9.17, 15) is 23.9 Å². The number of hydrogen-bond acceptors (Lipinski definition) is 5. The Balaban J connectivity index is 1.22. The van der Waals surface area contributed by atoms with Gasteiger partial charge in [0.2, 0.25) is 5.91 Å². The number of aromatic nitrogens is 1. The molecule has 1 aliphatic rings. The van der Waals surface area contributed by atoms with Crippen molar-refractivity contribution in [2.75, 3.05) is 31.2 Å². The van der Waals surface area contributed by atoms with Gasteiger partial charge in [0.1, 0.15) is 18.2 Å². The van der Waals surface area contributed by atoms with E-state index in [1.54, 1.807) is 11.1 Å². The minimum absolute atomic E-state index is 0.0461. The van der Waals surface area contributed by atoms with Crippen molar-refractivity contribution in [3.63, 3.8) is 0 Å². The van der Waals surface area contributed by atoms with E-state index in [0.717, 1.165) is 45.6 Å². The zero-order chi connectivity index (χ0) is 39.8. The standard InChI is InChI=1S/C45H47F2N3O5S/c1-45(2,3)43(40-24-31(37-25-32(46)18-19-39(37)47)27-49(40)26-30-12-5-4-6-13-30)50(41(51)29-56-23-20-42(52)53)22-11-21-48-44(54)55-28-38-35-16-9-7-14-33(35)34-15-8-10-17-36(34)38/h4-10,12-19,24-25,27,38,43H,11,20-23,26,28-29H2,1-3H3,(H,48,54)(H,52,53)/t43-/m0/s1. The zero-order valence-electron chi connectivity index (χ0n) is 31.8. The number of carboxylic acid groups (broad SMARTS) is 1. The van der Waals surface area contributed by atoms with Gasteiger partial charge in [0.15, 0.2) is 0 Å². The summed E-state index contributed by atoms with van der Waals surface area (Å²) in [5.74, 6) is -2.03. The molecule has 0 spiro atoms. The summed E-state index contributed by atoms with van der Waals surface area (Å²) in [6, 6.07) is 30.6. The Morgan fingerprint density at radius 1 is 0.893 bits per heavy atom. The summed E-state index contributed by atoms with van der Waals surface area (Å²) in [6.45, 7) is 7.14. The summed E-state index contributed by atoms with van der Waals surface area (Å²) in [6.07, 6.45) is 1.56. The maximum absolute atomic E-state index is 15.2. The van der Waals surface area contributed by atoms with Crippen molar-refractivity contribution in [1.82, 2.24) is 14.8 Å². The van der Waals surface area contributed by atoms with Crippen LogP contribution in [0.15, 0.2) is 109 Å². The van der Waals surface area contributed by atoms with Crippen molar-refractivity contribution < 1.29 is 33.0 Å². The van der Waals surface area contributed by atoms with Crippen LogP contribution in [0.3, 0.4) is 0 Å². The molecule has 11 heteroatoms. The molecule has 5 aromatic rings. The Labute approximate surface area is 330 Å². The number of halogens is 2. The number of nitrogens with zero attached hydrogens (tertiary/aromatic N) is 2. The molecular weight excluding hydrogens is 733 g/mol. The largest absolute Gasteiger partial charge is 0.481 e. The Morgan fingerprint density at radius 2 is 1.55 bits per heavy atom. The normalized spacial score (nSPS) is 12.8. The van der Waals surface area contributed by atoms with Gasteiger partial charge in [0.25, 0.3) is 0 Å². The molecule has 0 aliphatic heterocycles. The second kappa shape index (κ2) is 18.0. The maximum atomic E-state index is 15.2. The lowest BCUT2D eigenvalue weighted by Crippen LogP contribution is -2.44. The number of fused-ring (bicyclic) bond motifs is 3. The van der Waals surface area contributed by atoms with Crippen LogP contribution in [-0.2, 0) is 20.9 Å². The minimum atomic E-state index is -0.940. The highest BCUT2D eigenvalue weighted by Crippen LogP contribution is 2.45. The molecule has 56 heavy (non-hydrogen) atoms. The van der Waals surface area contributed by atoms with E-state index in [2.05, 4.69) is 29.6 Å². The molecule has 1 atom stereocenters. The van der Waals surface area contributed by atoms with Crippen LogP contribution in [-0.4, -0.2) is 63.7 Å². The Bertz CT molecular complexity index is 2120. The lowest BCUT2D eigenvalue weighted by atomic mass is 9.83. The van der Waals surface area contributed by atoms with Crippen LogP contribution in [0.5, 0.6) is 0 Å². The molecule has 8 nitrogen and oxygen atoms in total. The molecule has 6 rings (SSSR count). The first-order valence-corrected chi connectivity index (χ1v) is 19.9. The number of aliphatic carboxylic acids is 1. The number of carbonyl (C=O) groups excluding carboxylic acids is 2. The third kappa shape index (κ3) is 9.68. The fourth-order valence-electron chi connectivity index (χ4n) is 7.50. The molecule has 4 aromatic carbocycles. The Hall–Kier alpha value is -5.42. The third-order valence-corrected chi connectivity index (χ3v) is 10.9. The van der Waals surface area contributed by atoms with E-state index in [1.807, 2.05) is 86.0 Å². The predicted octanol–water partition coefficient (Wildman–Crippen LogP) is 9.53. The highest BCUT2D eigenvalue weighted by atomic mass is 32.2. The van der Waals surface area contributed by atoms with Crippen molar-refractivity contribution in [3.8, 4) is 22.3 Å². The number of nitrogens with one attached hydrogen (secondary N) is 1. The van der Waals surface area contributed by atoms with Crippen LogP contribution < -0.4 is 5.32 Å². The van der Waals surface area contributed by atoms with Crippen molar-refractivity contribution >= 4 is 29.7 Å². The van der Waals surface area contributed by atoms with E-state index >= 15 is 4.39 Å². The number of rotatable bonds is 16. The molecule has 0 radical (unpaired) electrons. The summed E-state index contributed by atoms with van der Waals surface area (Å²) < 4.78 is 37.4. The molecule has 0 fully saturated rings. The van der Waals surface area contributed by atoms with Crippen molar-refractivity contribution in [3.05, 3.63) is 143 Å². The molecule has 0 unspecified atom stereocenters. The van der Waals surface area contributed by atoms with Crippen LogP contribution in [0.25, 0.3) is 22.3 Å². The lowest BCUT2D eigenvalue weighted by Gasteiger charge is -2.41. The third-order valence-electron chi connectivity index (χ3n) is 9.97. The summed E-state index contributed by atoms with van der Waals surface area (Å²) >= 11 is 1.25. The molecule has 2 N–H and O–H groups in total. The van der Waals surface area contributed by atoms with Crippen molar-refractivity contribution in [2.45, 2.75) is 52.1 Å².